The van der Waals surface area contributed by atoms with Crippen LogP contribution < -0.4 is 45.8 Å². The van der Waals surface area contributed by atoms with E-state index in [9.17, 15) is 23.2 Å². The number of rotatable bonds is 4. The van der Waals surface area contributed by atoms with Crippen LogP contribution in [0.2, 0.25) is 0 Å². The van der Waals surface area contributed by atoms with Crippen LogP contribution in [0.4, 0.5) is 0 Å². The minimum absolute atomic E-state index is 0. The number of benzene rings is 3. The number of phenols is 1. The van der Waals surface area contributed by atoms with Crippen molar-refractivity contribution in [1.29, 1.82) is 0 Å². The molecule has 0 radical (unpaired) electrons. The number of phenolic OH excluding ortho intramolecular Hbond substituents is 1. The molecule has 0 fully saturated rings. The topological polar surface area (TPSA) is 171 Å². The van der Waals surface area contributed by atoms with E-state index >= 15 is 0 Å². The fourth-order valence-electron chi connectivity index (χ4n) is 8.20. The monoisotopic (exact) mass is 663 g/mol. The molecular formula is C36H38N3NaO6S. The number of guanidine groups is 1. The molecule has 11 heteroatoms. The van der Waals surface area contributed by atoms with Crippen molar-refractivity contribution in [3.05, 3.63) is 112 Å². The molecular weight excluding hydrogens is 625 g/mol. The minimum Gasteiger partial charge on any atom is -0.748 e. The second kappa shape index (κ2) is 13.1. The van der Waals surface area contributed by atoms with Crippen molar-refractivity contribution in [3.63, 3.8) is 0 Å². The summed E-state index contributed by atoms with van der Waals surface area (Å²) in [6.07, 6.45) is 6.39. The molecule has 4 heterocycles. The summed E-state index contributed by atoms with van der Waals surface area (Å²) in [5, 5.41) is 20.1. The van der Waals surface area contributed by atoms with E-state index in [2.05, 4.69) is 18.0 Å². The molecule has 8 atom stereocenters. The van der Waals surface area contributed by atoms with E-state index in [-0.39, 0.29) is 71.4 Å². The van der Waals surface area contributed by atoms with Gasteiger partial charge in [0, 0.05) is 11.5 Å². The fourth-order valence-corrected chi connectivity index (χ4v) is 9.27. The third-order valence-corrected chi connectivity index (χ3v) is 11.7. The summed E-state index contributed by atoms with van der Waals surface area (Å²) >= 11 is 0. The summed E-state index contributed by atoms with van der Waals surface area (Å²) in [5.74, 6) is -0.592. The zero-order valence-electron chi connectivity index (χ0n) is 26.5. The first-order valence-corrected chi connectivity index (χ1v) is 17.3. The first-order valence-electron chi connectivity index (χ1n) is 15.8. The van der Waals surface area contributed by atoms with Crippen LogP contribution in [0.25, 0.3) is 6.08 Å². The van der Waals surface area contributed by atoms with Crippen molar-refractivity contribution in [1.82, 2.24) is 0 Å². The molecule has 4 aliphatic heterocycles. The van der Waals surface area contributed by atoms with Crippen molar-refractivity contribution >= 4 is 22.2 Å². The van der Waals surface area contributed by atoms with Crippen molar-refractivity contribution in [3.8, 4) is 11.5 Å². The predicted octanol–water partition coefficient (Wildman–Crippen LogP) is 2.14. The fraction of sp³-hybridized carbons (Fsp3) is 0.361. The van der Waals surface area contributed by atoms with Gasteiger partial charge < -0.3 is 31.0 Å². The van der Waals surface area contributed by atoms with Crippen LogP contribution in [0.5, 0.6) is 11.5 Å². The van der Waals surface area contributed by atoms with Crippen LogP contribution in [0.3, 0.4) is 0 Å². The Morgan fingerprint density at radius 3 is 2.53 bits per heavy atom. The molecule has 240 valence electrons. The standard InChI is InChI=1S/C36H39N3O6S.Na/c1-19-2-3-22-16-27-11-13-28(22)30(19)18-32(46(42,43)44)31-17-25(34(41)20-6-9-26(40)10-7-20)15-23-5-4-21-14-24(8-12-29(21)33(23)31)35(45-27)39-36(37)38;/h4-14,16-17,19,23,30-35,40-41H,2-3,15,18H2,1H3,(H4,37,38,39)(H,42,43,44);/q;+1/p-1/t19-,23+,30+,31+,32-,33-,34+,35+;/m1./s1. The van der Waals surface area contributed by atoms with Crippen molar-refractivity contribution in [2.24, 2.45) is 34.2 Å². The number of aryl methyl sites for hydroxylation is 1. The van der Waals surface area contributed by atoms with E-state index in [1.165, 1.54) is 12.1 Å². The van der Waals surface area contributed by atoms with E-state index in [0.717, 1.165) is 40.7 Å². The van der Waals surface area contributed by atoms with Gasteiger partial charge in [0.25, 0.3) is 0 Å². The predicted molar refractivity (Wildman–Crippen MR) is 175 cm³/mol. The zero-order chi connectivity index (χ0) is 32.3. The van der Waals surface area contributed by atoms with E-state index in [1.807, 2.05) is 48.6 Å². The Bertz CT molecular complexity index is 1870. The maximum atomic E-state index is 13.4. The number of hydrogen-bond donors (Lipinski definition) is 4. The number of ether oxygens (including phenoxy) is 1. The second-order valence-electron chi connectivity index (χ2n) is 13.2. The van der Waals surface area contributed by atoms with Gasteiger partial charge in [-0.15, -0.1) is 0 Å². The van der Waals surface area contributed by atoms with E-state index in [1.54, 1.807) is 12.1 Å². The van der Waals surface area contributed by atoms with Crippen LogP contribution >= 0.6 is 0 Å². The van der Waals surface area contributed by atoms with Gasteiger partial charge in [0.1, 0.15) is 17.6 Å². The largest absolute Gasteiger partial charge is 1.00 e. The van der Waals surface area contributed by atoms with Crippen LogP contribution in [-0.4, -0.2) is 34.4 Å². The van der Waals surface area contributed by atoms with Crippen LogP contribution in [0.1, 0.15) is 83.7 Å². The third kappa shape index (κ3) is 6.51. The number of nitrogens with zero attached hydrogens (tertiary/aromatic N) is 1. The summed E-state index contributed by atoms with van der Waals surface area (Å²) in [7, 11) is -4.79. The smallest absolute Gasteiger partial charge is 0.748 e. The molecule has 3 aromatic carbocycles. The molecule has 0 spiro atoms. The molecule has 0 saturated carbocycles. The first kappa shape index (κ1) is 33.8. The van der Waals surface area contributed by atoms with Crippen molar-refractivity contribution < 1.29 is 57.5 Å². The van der Waals surface area contributed by atoms with Gasteiger partial charge in [-0.2, -0.15) is 0 Å². The molecule has 8 bridgehead atoms. The van der Waals surface area contributed by atoms with Crippen LogP contribution in [0.15, 0.2) is 83.4 Å². The van der Waals surface area contributed by atoms with Gasteiger partial charge in [-0.1, -0.05) is 55.5 Å². The summed E-state index contributed by atoms with van der Waals surface area (Å²) < 4.78 is 46.6. The molecule has 0 unspecified atom stereocenters. The Morgan fingerprint density at radius 1 is 1.06 bits per heavy atom. The molecule has 3 aromatic rings. The number of aliphatic imine (C=N–C) groups is 1. The molecule has 3 aliphatic carbocycles. The van der Waals surface area contributed by atoms with Crippen LogP contribution in [0, 0.1) is 17.8 Å². The average Bonchev–Trinajstić information content (AvgIpc) is 3.02. The van der Waals surface area contributed by atoms with Gasteiger partial charge in [0.15, 0.2) is 5.96 Å². The molecule has 0 aromatic heterocycles. The molecule has 47 heavy (non-hydrogen) atoms. The Morgan fingerprint density at radius 2 is 1.81 bits per heavy atom. The summed E-state index contributed by atoms with van der Waals surface area (Å²) in [6, 6.07) is 18.0. The number of aliphatic hydroxyl groups is 1. The first-order chi connectivity index (χ1) is 22.0. The Labute approximate surface area is 297 Å². The molecule has 9 nitrogen and oxygen atoms in total. The normalized spacial score (nSPS) is 28.1. The van der Waals surface area contributed by atoms with Gasteiger partial charge in [0.05, 0.1) is 15.4 Å². The summed E-state index contributed by atoms with van der Waals surface area (Å²) in [6.45, 7) is 2.12. The number of nitrogens with two attached hydrogens (primary N) is 2. The van der Waals surface area contributed by atoms with Crippen molar-refractivity contribution in [2.75, 3.05) is 0 Å². The van der Waals surface area contributed by atoms with E-state index in [4.69, 9.17) is 16.2 Å². The quantitative estimate of drug-likeness (QED) is 0.108. The van der Waals surface area contributed by atoms with Gasteiger partial charge in [-0.3, -0.25) is 0 Å². The number of hydrogen-bond acceptors (Lipinski definition) is 7. The van der Waals surface area contributed by atoms with Crippen LogP contribution in [-0.2, 0) is 16.5 Å². The number of aliphatic hydroxyl groups excluding tert-OH is 1. The number of aromatic hydroxyl groups is 1. The molecule has 0 saturated heterocycles. The Kier molecular flexibility index (Phi) is 9.38. The maximum absolute atomic E-state index is 13.4. The zero-order valence-corrected chi connectivity index (χ0v) is 29.3. The van der Waals surface area contributed by atoms with E-state index in [0.29, 0.717) is 23.3 Å². The van der Waals surface area contributed by atoms with Crippen molar-refractivity contribution in [2.45, 2.75) is 62.0 Å². The average molecular weight is 664 g/mol. The van der Waals surface area contributed by atoms with E-state index < -0.39 is 33.6 Å². The summed E-state index contributed by atoms with van der Waals surface area (Å²) in [5.41, 5.74) is 17.5. The third-order valence-electron chi connectivity index (χ3n) is 10.5. The number of allylic oxidation sites excluding steroid dienone is 2. The second-order valence-corrected chi connectivity index (χ2v) is 14.8. The van der Waals surface area contributed by atoms with Gasteiger partial charge in [0.2, 0.25) is 6.23 Å². The SMILES string of the molecule is C[C@@H]1CCc2cc3ccc2[C@H]1C[C@@H](S(=O)(=O)[O-])[C@@H]1C=C([C@@H](O)c2ccc(O)cc2)C[C@@H]2C=Cc4cc(ccc4[C@H]12)[C@@H](N=C(N)N)O3.[Na+]. The Hall–Kier alpha value is -3.12. The molecule has 6 N–H and O–H groups in total. The molecule has 0 amide bonds. The molecule has 7 aliphatic rings. The molecule has 10 rings (SSSR count). The minimum atomic E-state index is -4.79. The summed E-state index contributed by atoms with van der Waals surface area (Å²) in [4.78, 5) is 4.40. The van der Waals surface area contributed by atoms with Gasteiger partial charge >= 0.3 is 29.6 Å². The maximum Gasteiger partial charge on any atom is 1.00 e. The van der Waals surface area contributed by atoms with Gasteiger partial charge in [-0.05, 0) is 113 Å². The van der Waals surface area contributed by atoms with Gasteiger partial charge in [-0.25, -0.2) is 13.4 Å². The Balaban J connectivity index is 0.00000386.